The number of fused-ring (bicyclic) bond motifs is 1. The maximum absolute atomic E-state index is 12.9. The molecule has 2 fully saturated rings. The van der Waals surface area contributed by atoms with Crippen molar-refractivity contribution in [3.8, 4) is 11.8 Å². The standard InChI is InChI=1S/C24H26N4O3/c1-26(2)12-4-5-17-7-9-18(10-8-17)23-20-14-27(15-22(30)28(20)21(23)16-29)24(31)19-6-3-11-25-13-19/h3,6-11,13,20-21,23,29H,12,14-16H2,1-2H3/t20-,21+,23+/m0/s1. The summed E-state index contributed by atoms with van der Waals surface area (Å²) in [5, 5.41) is 9.94. The molecule has 7 nitrogen and oxygen atoms in total. The molecule has 0 unspecified atom stereocenters. The summed E-state index contributed by atoms with van der Waals surface area (Å²) in [4.78, 5) is 35.0. The van der Waals surface area contributed by atoms with E-state index in [4.69, 9.17) is 0 Å². The number of carbonyl (C=O) groups excluding carboxylic acids is 2. The largest absolute Gasteiger partial charge is 0.394 e. The van der Waals surface area contributed by atoms with Crippen LogP contribution in [0.4, 0.5) is 0 Å². The lowest BCUT2D eigenvalue weighted by atomic mass is 9.73. The summed E-state index contributed by atoms with van der Waals surface area (Å²) in [5.74, 6) is 5.91. The predicted molar refractivity (Wildman–Crippen MR) is 116 cm³/mol. The second-order valence-electron chi connectivity index (χ2n) is 8.23. The molecule has 160 valence electrons. The number of rotatable bonds is 4. The van der Waals surface area contributed by atoms with Gasteiger partial charge >= 0.3 is 0 Å². The monoisotopic (exact) mass is 418 g/mol. The van der Waals surface area contributed by atoms with Crippen molar-refractivity contribution < 1.29 is 14.7 Å². The molecule has 31 heavy (non-hydrogen) atoms. The van der Waals surface area contributed by atoms with Gasteiger partial charge in [0.25, 0.3) is 5.91 Å². The second kappa shape index (κ2) is 8.88. The molecular formula is C24H26N4O3. The minimum atomic E-state index is -0.265. The van der Waals surface area contributed by atoms with E-state index in [1.165, 1.54) is 6.20 Å². The van der Waals surface area contributed by atoms with Crippen molar-refractivity contribution in [3.05, 3.63) is 65.5 Å². The van der Waals surface area contributed by atoms with Crippen LogP contribution in [0.15, 0.2) is 48.8 Å². The number of nitrogens with zero attached hydrogens (tertiary/aromatic N) is 4. The maximum atomic E-state index is 12.9. The zero-order chi connectivity index (χ0) is 22.0. The van der Waals surface area contributed by atoms with Crippen LogP contribution < -0.4 is 0 Å². The van der Waals surface area contributed by atoms with Gasteiger partial charge in [-0.3, -0.25) is 19.5 Å². The van der Waals surface area contributed by atoms with E-state index in [1.54, 1.807) is 28.1 Å². The van der Waals surface area contributed by atoms with Crippen molar-refractivity contribution in [2.24, 2.45) is 0 Å². The molecular weight excluding hydrogens is 392 g/mol. The number of aliphatic hydroxyl groups is 1. The van der Waals surface area contributed by atoms with E-state index in [9.17, 15) is 14.7 Å². The summed E-state index contributed by atoms with van der Waals surface area (Å²) in [6.45, 7) is 1.05. The van der Waals surface area contributed by atoms with Gasteiger partial charge in [-0.05, 0) is 43.9 Å². The van der Waals surface area contributed by atoms with Crippen LogP contribution in [0.25, 0.3) is 0 Å². The number of aliphatic hydroxyl groups excluding tert-OH is 1. The maximum Gasteiger partial charge on any atom is 0.255 e. The molecule has 2 aliphatic rings. The Balaban J connectivity index is 1.52. The lowest BCUT2D eigenvalue weighted by molar-refractivity contribution is -0.159. The number of amides is 2. The fourth-order valence-corrected chi connectivity index (χ4v) is 4.41. The number of aromatic nitrogens is 1. The Labute approximate surface area is 182 Å². The number of hydrogen-bond acceptors (Lipinski definition) is 5. The Hall–Kier alpha value is -3.21. The molecule has 4 rings (SSSR count). The van der Waals surface area contributed by atoms with Gasteiger partial charge in [0.05, 0.1) is 30.8 Å². The van der Waals surface area contributed by atoms with Gasteiger partial charge in [0.2, 0.25) is 5.91 Å². The number of benzene rings is 1. The molecule has 0 aliphatic carbocycles. The van der Waals surface area contributed by atoms with Crippen LogP contribution in [0.1, 0.15) is 27.4 Å². The summed E-state index contributed by atoms with van der Waals surface area (Å²) in [7, 11) is 3.95. The molecule has 2 amide bonds. The normalized spacial score (nSPS) is 22.5. The Morgan fingerprint density at radius 1 is 1.26 bits per heavy atom. The van der Waals surface area contributed by atoms with Gasteiger partial charge < -0.3 is 14.9 Å². The summed E-state index contributed by atoms with van der Waals surface area (Å²) in [6.07, 6.45) is 3.13. The first-order valence-electron chi connectivity index (χ1n) is 10.3. The molecule has 1 aromatic carbocycles. The van der Waals surface area contributed by atoms with Crippen molar-refractivity contribution in [2.45, 2.75) is 18.0 Å². The lowest BCUT2D eigenvalue weighted by Crippen LogP contribution is -2.73. The zero-order valence-electron chi connectivity index (χ0n) is 17.7. The minimum Gasteiger partial charge on any atom is -0.394 e. The van der Waals surface area contributed by atoms with E-state index >= 15 is 0 Å². The first kappa shape index (κ1) is 21.0. The third-order valence-corrected chi connectivity index (χ3v) is 5.87. The van der Waals surface area contributed by atoms with E-state index < -0.39 is 0 Å². The fraction of sp³-hybridized carbons (Fsp3) is 0.375. The van der Waals surface area contributed by atoms with Gasteiger partial charge in [-0.25, -0.2) is 0 Å². The van der Waals surface area contributed by atoms with Gasteiger partial charge in [0.1, 0.15) is 6.54 Å². The average Bonchev–Trinajstić information content (AvgIpc) is 2.76. The van der Waals surface area contributed by atoms with Crippen LogP contribution in [0.5, 0.6) is 0 Å². The highest BCUT2D eigenvalue weighted by Gasteiger charge is 2.54. The molecule has 0 saturated carbocycles. The highest BCUT2D eigenvalue weighted by atomic mass is 16.3. The van der Waals surface area contributed by atoms with Gasteiger partial charge in [0, 0.05) is 30.4 Å². The molecule has 0 radical (unpaired) electrons. The average molecular weight is 418 g/mol. The van der Waals surface area contributed by atoms with Crippen molar-refractivity contribution in [3.63, 3.8) is 0 Å². The number of hydrogen-bond donors (Lipinski definition) is 1. The van der Waals surface area contributed by atoms with Gasteiger partial charge in [-0.1, -0.05) is 24.0 Å². The van der Waals surface area contributed by atoms with Crippen LogP contribution >= 0.6 is 0 Å². The van der Waals surface area contributed by atoms with Crippen LogP contribution in [0.2, 0.25) is 0 Å². The fourth-order valence-electron chi connectivity index (χ4n) is 4.41. The topological polar surface area (TPSA) is 77.0 Å². The Kier molecular flexibility index (Phi) is 6.03. The SMILES string of the molecule is CN(C)CC#Cc1ccc([C@H]2[C@@H](CO)N3C(=O)CN(C(=O)c4cccnc4)C[C@@H]23)cc1. The number of piperazine rings is 1. The first-order valence-corrected chi connectivity index (χ1v) is 10.3. The van der Waals surface area contributed by atoms with Crippen molar-refractivity contribution >= 4 is 11.8 Å². The quantitative estimate of drug-likeness (QED) is 0.744. The third-order valence-electron chi connectivity index (χ3n) is 5.87. The van der Waals surface area contributed by atoms with Crippen LogP contribution in [-0.2, 0) is 4.79 Å². The minimum absolute atomic E-state index is 0.0217. The number of carbonyl (C=O) groups is 2. The summed E-state index contributed by atoms with van der Waals surface area (Å²) >= 11 is 0. The Morgan fingerprint density at radius 3 is 2.68 bits per heavy atom. The van der Waals surface area contributed by atoms with Crippen LogP contribution in [-0.4, -0.2) is 89.0 Å². The zero-order valence-corrected chi connectivity index (χ0v) is 17.7. The van der Waals surface area contributed by atoms with E-state index in [0.29, 0.717) is 18.7 Å². The van der Waals surface area contributed by atoms with Crippen LogP contribution in [0.3, 0.4) is 0 Å². The van der Waals surface area contributed by atoms with E-state index in [1.807, 2.05) is 43.3 Å². The highest BCUT2D eigenvalue weighted by Crippen LogP contribution is 2.43. The van der Waals surface area contributed by atoms with E-state index in [0.717, 1.165) is 11.1 Å². The van der Waals surface area contributed by atoms with Gasteiger partial charge in [-0.2, -0.15) is 0 Å². The molecule has 2 aliphatic heterocycles. The Bertz CT molecular complexity index is 1010. The molecule has 1 aromatic heterocycles. The first-order chi connectivity index (χ1) is 15.0. The lowest BCUT2D eigenvalue weighted by Gasteiger charge is -2.58. The van der Waals surface area contributed by atoms with Crippen molar-refractivity contribution in [1.82, 2.24) is 19.7 Å². The molecule has 2 saturated heterocycles. The molecule has 3 atom stereocenters. The van der Waals surface area contributed by atoms with Gasteiger partial charge in [0.15, 0.2) is 0 Å². The van der Waals surface area contributed by atoms with Gasteiger partial charge in [-0.15, -0.1) is 0 Å². The van der Waals surface area contributed by atoms with Crippen LogP contribution in [0, 0.1) is 11.8 Å². The third kappa shape index (κ3) is 4.18. The molecule has 1 N–H and O–H groups in total. The molecule has 2 aromatic rings. The molecule has 7 heteroatoms. The second-order valence-corrected chi connectivity index (χ2v) is 8.23. The summed E-state index contributed by atoms with van der Waals surface area (Å²) in [5.41, 5.74) is 2.44. The van der Waals surface area contributed by atoms with Crippen molar-refractivity contribution in [2.75, 3.05) is 40.3 Å². The van der Waals surface area contributed by atoms with E-state index in [2.05, 4.69) is 16.8 Å². The smallest absolute Gasteiger partial charge is 0.255 e. The predicted octanol–water partition coefficient (Wildman–Crippen LogP) is 0.806. The van der Waals surface area contributed by atoms with Crippen molar-refractivity contribution in [1.29, 1.82) is 0 Å². The molecule has 0 spiro atoms. The van der Waals surface area contributed by atoms with E-state index in [-0.39, 0.29) is 43.0 Å². The summed E-state index contributed by atoms with van der Waals surface area (Å²) < 4.78 is 0. The highest BCUT2D eigenvalue weighted by molar-refractivity contribution is 5.97. The summed E-state index contributed by atoms with van der Waals surface area (Å²) in [6, 6.07) is 11.0. The molecule has 3 heterocycles. The number of pyridine rings is 1. The molecule has 0 bridgehead atoms. The Morgan fingerprint density at radius 2 is 2.03 bits per heavy atom.